The molecule has 0 spiro atoms. The first-order chi connectivity index (χ1) is 26.9. The van der Waals surface area contributed by atoms with Crippen molar-refractivity contribution in [2.75, 3.05) is 29.2 Å². The Morgan fingerprint density at radius 3 is 1.91 bits per heavy atom. The molecule has 0 bridgehead atoms. The predicted octanol–water partition coefficient (Wildman–Crippen LogP) is 8.56. The van der Waals surface area contributed by atoms with E-state index in [0.29, 0.717) is 47.7 Å². The number of carbonyl (C=O) groups is 2. The fraction of sp³-hybridized carbons (Fsp3) is 0.523. The molecule has 1 heterocycles. The van der Waals surface area contributed by atoms with Crippen molar-refractivity contribution in [3.05, 3.63) is 89.5 Å². The molecule has 5 unspecified atom stereocenters. The molecule has 7 N–H and O–H groups in total. The zero-order valence-electron chi connectivity index (χ0n) is 34.4. The lowest BCUT2D eigenvalue weighted by molar-refractivity contribution is -0.114. The van der Waals surface area contributed by atoms with Gasteiger partial charge in [-0.25, -0.2) is 15.1 Å². The monoisotopic (exact) mass is 772 g/mol. The molecule has 0 fully saturated rings. The number of aliphatic hydroxyl groups excluding tert-OH is 1. The van der Waals surface area contributed by atoms with Crippen molar-refractivity contribution in [1.82, 2.24) is 16.0 Å². The van der Waals surface area contributed by atoms with Gasteiger partial charge in [0.1, 0.15) is 0 Å². The number of nitrogens with one attached hydrogen (secondary N) is 6. The van der Waals surface area contributed by atoms with Gasteiger partial charge in [0, 0.05) is 33.7 Å². The second-order valence-corrected chi connectivity index (χ2v) is 15.6. The Balaban J connectivity index is 1.44. The van der Waals surface area contributed by atoms with Crippen LogP contribution in [0.5, 0.6) is 0 Å². The molecule has 0 saturated heterocycles. The van der Waals surface area contributed by atoms with Crippen LogP contribution in [-0.2, 0) is 9.47 Å². The molecule has 0 aliphatic carbocycles. The number of aliphatic hydroxyl groups is 1. The summed E-state index contributed by atoms with van der Waals surface area (Å²) >= 11 is 0. The molecule has 5 atom stereocenters. The van der Waals surface area contributed by atoms with Crippen LogP contribution in [0.4, 0.5) is 17.1 Å². The molecule has 1 aliphatic heterocycles. The van der Waals surface area contributed by atoms with Crippen LogP contribution < -0.4 is 31.9 Å². The predicted molar refractivity (Wildman–Crippen MR) is 227 cm³/mol. The molecule has 3 aromatic carbocycles. The SMILES string of the molecule is CCCCC(CC)COC(=O)c1ccc(NC2NC(Nc3ccc(C(=O)NC(C)(C)C)cc3)=NC(Nc3ccc(C(O)OCC(CC)CCCC)cc3)N2)cc1. The van der Waals surface area contributed by atoms with Crippen molar-refractivity contribution >= 4 is 34.9 Å². The topological polar surface area (TPSA) is 157 Å². The lowest BCUT2D eigenvalue weighted by atomic mass is 10.0. The molecule has 0 saturated carbocycles. The molecular formula is C44H65N7O5. The first-order valence-corrected chi connectivity index (χ1v) is 20.4. The number of hydrogen-bond donors (Lipinski definition) is 7. The highest BCUT2D eigenvalue weighted by Gasteiger charge is 2.23. The van der Waals surface area contributed by atoms with E-state index in [0.717, 1.165) is 68.4 Å². The van der Waals surface area contributed by atoms with Crippen molar-refractivity contribution in [2.45, 2.75) is 124 Å². The van der Waals surface area contributed by atoms with Gasteiger partial charge in [-0.05, 0) is 106 Å². The van der Waals surface area contributed by atoms with E-state index in [1.165, 1.54) is 0 Å². The van der Waals surface area contributed by atoms with Gasteiger partial charge in [0.2, 0.25) is 5.96 Å². The van der Waals surface area contributed by atoms with Crippen LogP contribution in [0, 0.1) is 11.8 Å². The number of benzene rings is 3. The summed E-state index contributed by atoms with van der Waals surface area (Å²) < 4.78 is 11.5. The number of unbranched alkanes of at least 4 members (excludes halogenated alkanes) is 2. The first kappa shape index (κ1) is 44.1. The molecule has 12 heteroatoms. The van der Waals surface area contributed by atoms with Crippen LogP contribution in [0.3, 0.4) is 0 Å². The van der Waals surface area contributed by atoms with Crippen molar-refractivity contribution in [1.29, 1.82) is 0 Å². The van der Waals surface area contributed by atoms with E-state index in [2.05, 4.69) is 59.6 Å². The Bertz CT molecular complexity index is 1660. The van der Waals surface area contributed by atoms with E-state index in [1.54, 1.807) is 24.3 Å². The molecule has 3 aromatic rings. The fourth-order valence-electron chi connectivity index (χ4n) is 6.18. The molecule has 1 aliphatic rings. The van der Waals surface area contributed by atoms with Gasteiger partial charge in [0.25, 0.3) is 5.91 Å². The van der Waals surface area contributed by atoms with E-state index in [1.807, 2.05) is 69.3 Å². The fourth-order valence-corrected chi connectivity index (χ4v) is 6.18. The van der Waals surface area contributed by atoms with E-state index in [4.69, 9.17) is 14.5 Å². The number of amides is 1. The van der Waals surface area contributed by atoms with Gasteiger partial charge in [0.05, 0.1) is 18.8 Å². The highest BCUT2D eigenvalue weighted by molar-refractivity contribution is 5.97. The minimum atomic E-state index is -1.00. The van der Waals surface area contributed by atoms with Crippen LogP contribution in [0.2, 0.25) is 0 Å². The van der Waals surface area contributed by atoms with E-state index < -0.39 is 18.9 Å². The van der Waals surface area contributed by atoms with Crippen molar-refractivity contribution in [2.24, 2.45) is 16.8 Å². The van der Waals surface area contributed by atoms with Crippen molar-refractivity contribution in [3.8, 4) is 0 Å². The Morgan fingerprint density at radius 2 is 1.32 bits per heavy atom. The lowest BCUT2D eigenvalue weighted by Gasteiger charge is -2.33. The highest BCUT2D eigenvalue weighted by atomic mass is 16.6. The van der Waals surface area contributed by atoms with Crippen molar-refractivity contribution in [3.63, 3.8) is 0 Å². The average molecular weight is 772 g/mol. The lowest BCUT2D eigenvalue weighted by Crippen LogP contribution is -2.61. The van der Waals surface area contributed by atoms with E-state index >= 15 is 0 Å². The number of carbonyl (C=O) groups excluding carboxylic acids is 2. The zero-order valence-corrected chi connectivity index (χ0v) is 34.4. The summed E-state index contributed by atoms with van der Waals surface area (Å²) in [7, 11) is 0. The Kier molecular flexibility index (Phi) is 17.5. The summed E-state index contributed by atoms with van der Waals surface area (Å²) in [5.41, 5.74) is 3.68. The van der Waals surface area contributed by atoms with Gasteiger partial charge in [-0.15, -0.1) is 0 Å². The number of esters is 1. The number of anilines is 3. The molecular weight excluding hydrogens is 707 g/mol. The van der Waals surface area contributed by atoms with Crippen LogP contribution in [0.25, 0.3) is 0 Å². The largest absolute Gasteiger partial charge is 0.462 e. The quantitative estimate of drug-likeness (QED) is 0.0414. The third-order valence-electron chi connectivity index (χ3n) is 9.72. The van der Waals surface area contributed by atoms with Crippen LogP contribution in [0.15, 0.2) is 77.8 Å². The molecule has 12 nitrogen and oxygen atoms in total. The van der Waals surface area contributed by atoms with Gasteiger partial charge >= 0.3 is 5.97 Å². The number of hydrogen-bond acceptors (Lipinski definition) is 11. The van der Waals surface area contributed by atoms with Crippen LogP contribution in [-0.4, -0.2) is 54.3 Å². The second-order valence-electron chi connectivity index (χ2n) is 15.6. The minimum absolute atomic E-state index is 0.145. The van der Waals surface area contributed by atoms with Gasteiger partial charge < -0.3 is 41.2 Å². The molecule has 306 valence electrons. The van der Waals surface area contributed by atoms with E-state index in [9.17, 15) is 14.7 Å². The first-order valence-electron chi connectivity index (χ1n) is 20.4. The summed E-state index contributed by atoms with van der Waals surface area (Å²) in [6.45, 7) is 15.4. The maximum atomic E-state index is 12.8. The summed E-state index contributed by atoms with van der Waals surface area (Å²) in [5.74, 6) is 0.810. The Hall–Kier alpha value is -4.65. The van der Waals surface area contributed by atoms with Gasteiger partial charge in [-0.1, -0.05) is 78.4 Å². The highest BCUT2D eigenvalue weighted by Crippen LogP contribution is 2.22. The number of guanidine groups is 1. The third kappa shape index (κ3) is 14.8. The maximum absolute atomic E-state index is 12.8. The number of aliphatic imine (C=N–C) groups is 1. The number of nitrogens with zero attached hydrogens (tertiary/aromatic N) is 1. The normalized spacial score (nSPS) is 17.1. The van der Waals surface area contributed by atoms with Crippen LogP contribution >= 0.6 is 0 Å². The average Bonchev–Trinajstić information content (AvgIpc) is 3.18. The van der Waals surface area contributed by atoms with Gasteiger partial charge in [-0.2, -0.15) is 0 Å². The summed E-state index contributed by atoms with van der Waals surface area (Å²) in [4.78, 5) is 30.3. The Morgan fingerprint density at radius 1 is 0.768 bits per heavy atom. The molecule has 0 aromatic heterocycles. The van der Waals surface area contributed by atoms with Crippen molar-refractivity contribution < 1.29 is 24.2 Å². The molecule has 0 radical (unpaired) electrons. The van der Waals surface area contributed by atoms with Gasteiger partial charge in [-0.3, -0.25) is 4.79 Å². The summed E-state index contributed by atoms with van der Waals surface area (Å²) in [6.07, 6.45) is 6.65. The van der Waals surface area contributed by atoms with Crippen LogP contribution in [0.1, 0.15) is 132 Å². The van der Waals surface area contributed by atoms with E-state index in [-0.39, 0.29) is 17.4 Å². The summed E-state index contributed by atoms with van der Waals surface area (Å²) in [5, 5.41) is 30.7. The molecule has 1 amide bonds. The van der Waals surface area contributed by atoms with Gasteiger partial charge in [0.15, 0.2) is 18.9 Å². The number of rotatable bonds is 21. The second kappa shape index (κ2) is 22.2. The summed E-state index contributed by atoms with van der Waals surface area (Å²) in [6, 6.07) is 21.9. The molecule has 56 heavy (non-hydrogen) atoms. The number of ether oxygens (including phenoxy) is 2. The molecule has 4 rings (SSSR count). The zero-order chi connectivity index (χ0) is 40.5. The smallest absolute Gasteiger partial charge is 0.338 e. The Labute approximate surface area is 334 Å². The third-order valence-corrected chi connectivity index (χ3v) is 9.72. The minimum Gasteiger partial charge on any atom is -0.462 e. The maximum Gasteiger partial charge on any atom is 0.338 e. The standard InChI is InChI=1S/C44H65N7O5/c1-8-12-14-30(10-3)28-55-39(53)33-18-24-36(25-19-33)46-42-48-41(45-35-22-16-32(17-23-35)38(52)51-44(5,6)7)49-43(50-42)47-37-26-20-34(21-27-37)40(54)56-29-31(11-4)15-13-9-2/h16-27,30-31,39,42-43,46-47,50,53H,8-15,28-29H2,1-7H3,(H,51,52)(H2,45,48,49).